The summed E-state index contributed by atoms with van der Waals surface area (Å²) in [7, 11) is 6.89. The van der Waals surface area contributed by atoms with Crippen molar-refractivity contribution in [1.29, 1.82) is 0 Å². The quantitative estimate of drug-likeness (QED) is 0.338. The fraction of sp³-hybridized carbons (Fsp3) is 0.300. The molecule has 0 amide bonds. The van der Waals surface area contributed by atoms with Crippen LogP contribution in [0.15, 0.2) is 42.6 Å². The number of methoxy groups -OCH3 is 4. The van der Waals surface area contributed by atoms with Gasteiger partial charge < -0.3 is 28.9 Å². The first-order chi connectivity index (χ1) is 18.7. The molecule has 0 bridgehead atoms. The highest BCUT2D eigenvalue weighted by Crippen LogP contribution is 2.39. The molecule has 5 heterocycles. The van der Waals surface area contributed by atoms with Crippen molar-refractivity contribution in [2.75, 3.05) is 35.0 Å². The van der Waals surface area contributed by atoms with Gasteiger partial charge in [0.2, 0.25) is 0 Å². The molecule has 8 nitrogen and oxygen atoms in total. The van der Waals surface area contributed by atoms with Gasteiger partial charge in [0.05, 0.1) is 61.8 Å². The molecule has 1 fully saturated rings. The Morgan fingerprint density at radius 3 is 2.24 bits per heavy atom. The molecule has 1 saturated heterocycles. The summed E-state index contributed by atoms with van der Waals surface area (Å²) in [6, 6.07) is 12.4. The molecule has 3 aromatic heterocycles. The number of quaternary nitrogens is 1. The van der Waals surface area contributed by atoms with Crippen molar-refractivity contribution in [1.82, 2.24) is 15.0 Å². The molecule has 2 aliphatic heterocycles. The number of hydrogen-bond acceptors (Lipinski definition) is 5. The van der Waals surface area contributed by atoms with Crippen molar-refractivity contribution in [3.8, 4) is 17.2 Å². The van der Waals surface area contributed by atoms with E-state index in [2.05, 4.69) is 22.1 Å². The minimum atomic E-state index is 0.151. The van der Waals surface area contributed by atoms with Crippen molar-refractivity contribution in [3.63, 3.8) is 0 Å². The molecule has 2 atom stereocenters. The summed E-state index contributed by atoms with van der Waals surface area (Å²) in [5.74, 6) is 3.38. The molecular formula is C30H31N4O4+. The normalized spacial score (nSPS) is 19.1. The number of nitrogens with one attached hydrogen (secondary N) is 3. The van der Waals surface area contributed by atoms with Gasteiger partial charge in [-0.05, 0) is 18.6 Å². The molecule has 8 heteroatoms. The Bertz CT molecular complexity index is 1850. The summed E-state index contributed by atoms with van der Waals surface area (Å²) in [4.78, 5) is 13.8. The number of aromatic nitrogens is 3. The average molecular weight is 512 g/mol. The molecular weight excluding hydrogens is 480 g/mol. The minimum absolute atomic E-state index is 0.151. The van der Waals surface area contributed by atoms with Crippen molar-refractivity contribution < 1.29 is 23.8 Å². The molecule has 3 N–H and O–H groups in total. The van der Waals surface area contributed by atoms with Gasteiger partial charge in [0.1, 0.15) is 46.6 Å². The topological polar surface area (TPSA) is 85.8 Å². The van der Waals surface area contributed by atoms with Gasteiger partial charge in [-0.3, -0.25) is 4.90 Å². The van der Waals surface area contributed by atoms with Crippen LogP contribution < -0.4 is 29.7 Å². The molecule has 38 heavy (non-hydrogen) atoms. The monoisotopic (exact) mass is 511 g/mol. The van der Waals surface area contributed by atoms with Crippen LogP contribution in [0.3, 0.4) is 0 Å². The number of nitrogens with zero attached hydrogens (tertiary/aromatic N) is 1. The highest BCUT2D eigenvalue weighted by atomic mass is 16.5. The van der Waals surface area contributed by atoms with E-state index in [0.29, 0.717) is 0 Å². The van der Waals surface area contributed by atoms with Crippen molar-refractivity contribution in [3.05, 3.63) is 58.9 Å². The summed E-state index contributed by atoms with van der Waals surface area (Å²) >= 11 is 0. The maximum Gasteiger partial charge on any atom is 0.160 e. The summed E-state index contributed by atoms with van der Waals surface area (Å²) in [5.41, 5.74) is 5.39. The Balaban J connectivity index is 1.48. The number of pyridine rings is 1. The first-order valence-electron chi connectivity index (χ1n) is 13.0. The number of rotatable bonds is 5. The maximum absolute atomic E-state index is 6.05. The molecule has 0 aliphatic carbocycles. The highest BCUT2D eigenvalue weighted by molar-refractivity contribution is 6.12. The number of H-pyrrole nitrogens is 2. The zero-order valence-electron chi connectivity index (χ0n) is 22.0. The lowest BCUT2D eigenvalue weighted by Crippen LogP contribution is -3.12. The van der Waals surface area contributed by atoms with E-state index in [9.17, 15) is 0 Å². The molecule has 194 valence electrons. The van der Waals surface area contributed by atoms with E-state index >= 15 is 0 Å². The number of benzene rings is 2. The third kappa shape index (κ3) is 3.10. The fourth-order valence-electron chi connectivity index (χ4n) is 6.64. The minimum Gasteiger partial charge on any atom is -0.495 e. The second-order valence-electron chi connectivity index (χ2n) is 9.98. The Labute approximate surface area is 219 Å². The number of hydrogen-bond donors (Lipinski definition) is 3. The van der Waals surface area contributed by atoms with Gasteiger partial charge in [-0.15, -0.1) is 0 Å². The Morgan fingerprint density at radius 2 is 1.53 bits per heavy atom. The fourth-order valence-corrected chi connectivity index (χ4v) is 6.64. The third-order valence-corrected chi connectivity index (χ3v) is 8.31. The van der Waals surface area contributed by atoms with E-state index in [1.807, 2.05) is 30.5 Å². The molecule has 0 saturated carbocycles. The largest absolute Gasteiger partial charge is 0.495 e. The first-order valence-corrected chi connectivity index (χ1v) is 13.0. The van der Waals surface area contributed by atoms with E-state index in [1.165, 1.54) is 10.6 Å². The second-order valence-corrected chi connectivity index (χ2v) is 9.98. The zero-order valence-corrected chi connectivity index (χ0v) is 22.0. The Kier molecular flexibility index (Phi) is 5.26. The van der Waals surface area contributed by atoms with E-state index in [-0.39, 0.29) is 6.04 Å². The molecule has 7 rings (SSSR count). The second kappa shape index (κ2) is 8.70. The highest BCUT2D eigenvalue weighted by Gasteiger charge is 2.39. The lowest BCUT2D eigenvalue weighted by molar-refractivity contribution is -0.862. The van der Waals surface area contributed by atoms with Crippen molar-refractivity contribution in [2.24, 2.45) is 0 Å². The lowest BCUT2D eigenvalue weighted by Gasteiger charge is -2.35. The van der Waals surface area contributed by atoms with Crippen LogP contribution in [0, 0.1) is 0 Å². The van der Waals surface area contributed by atoms with E-state index in [4.69, 9.17) is 23.9 Å². The molecule has 5 aromatic rings. The predicted octanol–water partition coefficient (Wildman–Crippen LogP) is 2.91. The standard InChI is InChI=1S/C30H30N4O4/c1-35-20-12-6-9-17-25-23(38-4)15-34-18(28(25)32-26(17)20)10-7-11-19(34)29-30-24(22(37-3)14-31-29)16-8-5-13-21(36-2)27(16)33-30/h5-6,8-9,12-14,19,32-33H,7,10-11,15H2,1-4H3/p+1. The summed E-state index contributed by atoms with van der Waals surface area (Å²) in [5, 5.41) is 5.56. The number of aromatic amines is 2. The first kappa shape index (κ1) is 23.0. The van der Waals surface area contributed by atoms with Gasteiger partial charge in [0, 0.05) is 23.6 Å². The number of piperidine rings is 1. The third-order valence-electron chi connectivity index (χ3n) is 8.31. The molecule has 2 aromatic carbocycles. The average Bonchev–Trinajstić information content (AvgIpc) is 3.56. The number of ether oxygens (including phenoxy) is 4. The molecule has 2 unspecified atom stereocenters. The van der Waals surface area contributed by atoms with Crippen molar-refractivity contribution in [2.45, 2.75) is 25.3 Å². The Hall–Kier alpha value is -4.17. The maximum atomic E-state index is 6.05. The van der Waals surface area contributed by atoms with E-state index < -0.39 is 0 Å². The van der Waals surface area contributed by atoms with Gasteiger partial charge in [-0.2, -0.15) is 0 Å². The Morgan fingerprint density at radius 1 is 0.816 bits per heavy atom. The van der Waals surface area contributed by atoms with Gasteiger partial charge in [0.25, 0.3) is 0 Å². The lowest BCUT2D eigenvalue weighted by atomic mass is 9.93. The van der Waals surface area contributed by atoms with Crippen LogP contribution in [-0.4, -0.2) is 49.9 Å². The van der Waals surface area contributed by atoms with Gasteiger partial charge >= 0.3 is 0 Å². The van der Waals surface area contributed by atoms with E-state index in [0.717, 1.165) is 97.8 Å². The van der Waals surface area contributed by atoms with Crippen LogP contribution in [0.25, 0.3) is 44.2 Å². The summed E-state index contributed by atoms with van der Waals surface area (Å²) < 4.78 is 23.2. The van der Waals surface area contributed by atoms with Crippen molar-refractivity contribution >= 4 is 44.2 Å². The SMILES string of the molecule is COC1=c2c([nH]c3c(OC)cccc23)=C2CCCC(c3ncc(OC)c4c3[nH]c3c(OC)cccc34)[NH+]2C1. The van der Waals surface area contributed by atoms with Crippen LogP contribution in [-0.2, 0) is 4.74 Å². The molecule has 2 aliphatic rings. The predicted molar refractivity (Wildman–Crippen MR) is 147 cm³/mol. The van der Waals surface area contributed by atoms with Crippen LogP contribution in [0.4, 0.5) is 0 Å². The van der Waals surface area contributed by atoms with Crippen LogP contribution in [0.5, 0.6) is 17.2 Å². The van der Waals surface area contributed by atoms with Crippen LogP contribution in [0.1, 0.15) is 31.0 Å². The smallest absolute Gasteiger partial charge is 0.160 e. The molecule has 0 spiro atoms. The number of para-hydroxylation sites is 2. The summed E-state index contributed by atoms with van der Waals surface area (Å²) in [6.45, 7) is 0.756. The summed E-state index contributed by atoms with van der Waals surface area (Å²) in [6.07, 6.45) is 4.99. The van der Waals surface area contributed by atoms with Gasteiger partial charge in [0.15, 0.2) is 5.76 Å². The molecule has 0 radical (unpaired) electrons. The number of fused-ring (bicyclic) bond motifs is 7. The van der Waals surface area contributed by atoms with Crippen LogP contribution in [0.2, 0.25) is 0 Å². The van der Waals surface area contributed by atoms with E-state index in [1.54, 1.807) is 28.4 Å². The van der Waals surface area contributed by atoms with Crippen LogP contribution >= 0.6 is 0 Å². The zero-order chi connectivity index (χ0) is 26.0. The van der Waals surface area contributed by atoms with Gasteiger partial charge in [-0.25, -0.2) is 4.98 Å². The van der Waals surface area contributed by atoms with Gasteiger partial charge in [-0.1, -0.05) is 24.3 Å².